The predicted molar refractivity (Wildman–Crippen MR) is 57.8 cm³/mol. The Kier molecular flexibility index (Phi) is 4.50. The van der Waals surface area contributed by atoms with Crippen LogP contribution in [0.5, 0.6) is 5.75 Å². The maximum Gasteiger partial charge on any atom is 0.573 e. The van der Waals surface area contributed by atoms with Crippen molar-refractivity contribution in [1.29, 1.82) is 5.26 Å². The molecule has 0 amide bonds. The van der Waals surface area contributed by atoms with Gasteiger partial charge in [-0.25, -0.2) is 4.39 Å². The van der Waals surface area contributed by atoms with Crippen LogP contribution in [0.15, 0.2) is 6.20 Å². The Morgan fingerprint density at radius 3 is 2.59 bits per heavy atom. The van der Waals surface area contributed by atoms with Crippen molar-refractivity contribution >= 4 is 22.6 Å². The van der Waals surface area contributed by atoms with Crippen molar-refractivity contribution in [1.82, 2.24) is 4.98 Å². The lowest BCUT2D eigenvalue weighted by molar-refractivity contribution is -0.275. The van der Waals surface area contributed by atoms with E-state index in [0.717, 1.165) is 6.20 Å². The van der Waals surface area contributed by atoms with Gasteiger partial charge in [0.25, 0.3) is 0 Å². The second-order valence-electron chi connectivity index (χ2n) is 2.88. The molecule has 0 N–H and O–H groups in total. The number of hydrogen-bond donors (Lipinski definition) is 0. The molecular formula is C9H5F4IN2O. The number of alkyl halides is 4. The van der Waals surface area contributed by atoms with Crippen LogP contribution in [-0.2, 0) is 13.1 Å². The Bertz CT molecular complexity index is 456. The Labute approximate surface area is 108 Å². The van der Waals surface area contributed by atoms with Crippen molar-refractivity contribution in [3.63, 3.8) is 0 Å². The highest BCUT2D eigenvalue weighted by molar-refractivity contribution is 14.1. The van der Waals surface area contributed by atoms with E-state index in [4.69, 9.17) is 5.26 Å². The topological polar surface area (TPSA) is 45.9 Å². The van der Waals surface area contributed by atoms with Crippen molar-refractivity contribution in [3.8, 4) is 11.8 Å². The maximum atomic E-state index is 12.7. The first kappa shape index (κ1) is 14.0. The second kappa shape index (κ2) is 5.48. The number of hydrogen-bond acceptors (Lipinski definition) is 3. The van der Waals surface area contributed by atoms with E-state index < -0.39 is 18.8 Å². The average Bonchev–Trinajstić information content (AvgIpc) is 2.21. The van der Waals surface area contributed by atoms with Crippen molar-refractivity contribution in [2.45, 2.75) is 19.5 Å². The van der Waals surface area contributed by atoms with Gasteiger partial charge < -0.3 is 4.74 Å². The summed E-state index contributed by atoms with van der Waals surface area (Å²) in [6, 6.07) is 1.76. The van der Waals surface area contributed by atoms with Gasteiger partial charge in [0.15, 0.2) is 5.75 Å². The second-order valence-corrected chi connectivity index (χ2v) is 3.96. The van der Waals surface area contributed by atoms with E-state index >= 15 is 0 Å². The standard InChI is InChI=1S/C9H5F4IN2O/c10-3-5-6(1-2-15)16-4-7(8(5)14)17-9(11,12)13/h4H,1,3H2. The Hall–Kier alpha value is -1.11. The average molecular weight is 360 g/mol. The van der Waals surface area contributed by atoms with Gasteiger partial charge in [-0.15, -0.1) is 13.2 Å². The van der Waals surface area contributed by atoms with E-state index in [1.807, 2.05) is 0 Å². The van der Waals surface area contributed by atoms with Crippen LogP contribution in [0, 0.1) is 14.9 Å². The van der Waals surface area contributed by atoms with Crippen LogP contribution in [0.3, 0.4) is 0 Å². The SMILES string of the molecule is N#CCc1ncc(OC(F)(F)F)c(I)c1CF. The predicted octanol–water partition coefficient (Wildman–Crippen LogP) is 3.12. The number of ether oxygens (including phenoxy) is 1. The van der Waals surface area contributed by atoms with Gasteiger partial charge in [0.2, 0.25) is 0 Å². The smallest absolute Gasteiger partial charge is 0.403 e. The summed E-state index contributed by atoms with van der Waals surface area (Å²) >= 11 is 1.53. The number of pyridine rings is 1. The summed E-state index contributed by atoms with van der Waals surface area (Å²) in [6.07, 6.45) is -4.19. The molecule has 0 radical (unpaired) electrons. The molecule has 0 aliphatic rings. The summed E-state index contributed by atoms with van der Waals surface area (Å²) in [5.41, 5.74) is 0.0721. The molecule has 92 valence electrons. The van der Waals surface area contributed by atoms with Gasteiger partial charge in [-0.3, -0.25) is 4.98 Å². The number of halogens is 5. The fourth-order valence-electron chi connectivity index (χ4n) is 1.11. The molecule has 0 atom stereocenters. The monoisotopic (exact) mass is 360 g/mol. The van der Waals surface area contributed by atoms with Crippen LogP contribution >= 0.6 is 22.6 Å². The fourth-order valence-corrected chi connectivity index (χ4v) is 1.81. The van der Waals surface area contributed by atoms with Crippen molar-refractivity contribution in [2.24, 2.45) is 0 Å². The molecule has 0 saturated heterocycles. The van der Waals surface area contributed by atoms with E-state index in [1.54, 1.807) is 6.07 Å². The molecule has 0 aliphatic carbocycles. The molecule has 0 bridgehead atoms. The molecule has 1 aromatic heterocycles. The van der Waals surface area contributed by atoms with Gasteiger partial charge in [-0.1, -0.05) is 0 Å². The highest BCUT2D eigenvalue weighted by atomic mass is 127. The quantitative estimate of drug-likeness (QED) is 0.615. The maximum absolute atomic E-state index is 12.7. The van der Waals surface area contributed by atoms with E-state index in [9.17, 15) is 17.6 Å². The number of aromatic nitrogens is 1. The lowest BCUT2D eigenvalue weighted by atomic mass is 10.1. The highest BCUT2D eigenvalue weighted by Crippen LogP contribution is 2.31. The molecule has 17 heavy (non-hydrogen) atoms. The Balaban J connectivity index is 3.16. The first-order chi connectivity index (χ1) is 7.89. The molecule has 8 heteroatoms. The van der Waals surface area contributed by atoms with Crippen LogP contribution in [0.25, 0.3) is 0 Å². The van der Waals surface area contributed by atoms with Crippen LogP contribution in [-0.4, -0.2) is 11.3 Å². The van der Waals surface area contributed by atoms with E-state index in [1.165, 1.54) is 22.6 Å². The van der Waals surface area contributed by atoms with E-state index in [-0.39, 0.29) is 21.2 Å². The first-order valence-electron chi connectivity index (χ1n) is 4.24. The van der Waals surface area contributed by atoms with E-state index in [2.05, 4.69) is 9.72 Å². The molecule has 0 saturated carbocycles. The third-order valence-electron chi connectivity index (χ3n) is 1.77. The zero-order chi connectivity index (χ0) is 13.1. The van der Waals surface area contributed by atoms with E-state index in [0.29, 0.717) is 0 Å². The van der Waals surface area contributed by atoms with Crippen molar-refractivity contribution < 1.29 is 22.3 Å². The summed E-state index contributed by atoms with van der Waals surface area (Å²) < 4.78 is 52.4. The molecule has 3 nitrogen and oxygen atoms in total. The Morgan fingerprint density at radius 1 is 1.47 bits per heavy atom. The molecule has 0 unspecified atom stereocenters. The largest absolute Gasteiger partial charge is 0.573 e. The summed E-state index contributed by atoms with van der Waals surface area (Å²) in [7, 11) is 0. The zero-order valence-electron chi connectivity index (χ0n) is 8.18. The third-order valence-corrected chi connectivity index (χ3v) is 2.96. The molecule has 0 spiro atoms. The summed E-state index contributed by atoms with van der Waals surface area (Å²) in [5.74, 6) is -0.563. The van der Waals surface area contributed by atoms with Gasteiger partial charge in [-0.05, 0) is 22.6 Å². The molecule has 0 aromatic carbocycles. The minimum Gasteiger partial charge on any atom is -0.403 e. The summed E-state index contributed by atoms with van der Waals surface area (Å²) in [4.78, 5) is 3.59. The number of nitriles is 1. The summed E-state index contributed by atoms with van der Waals surface area (Å²) in [5, 5.41) is 8.46. The number of nitrogens with zero attached hydrogens (tertiary/aromatic N) is 2. The third kappa shape index (κ3) is 3.69. The molecule has 0 fully saturated rings. The minimum absolute atomic E-state index is 0.0253. The molecule has 0 aliphatic heterocycles. The van der Waals surface area contributed by atoms with Crippen LogP contribution < -0.4 is 4.74 Å². The Morgan fingerprint density at radius 2 is 2.12 bits per heavy atom. The molecule has 1 heterocycles. The molecular weight excluding hydrogens is 355 g/mol. The molecule has 1 aromatic rings. The van der Waals surface area contributed by atoms with Crippen LogP contribution in [0.2, 0.25) is 0 Å². The van der Waals surface area contributed by atoms with Gasteiger partial charge >= 0.3 is 6.36 Å². The number of rotatable bonds is 3. The van der Waals surface area contributed by atoms with Gasteiger partial charge in [0.1, 0.15) is 6.67 Å². The zero-order valence-corrected chi connectivity index (χ0v) is 10.3. The highest BCUT2D eigenvalue weighted by Gasteiger charge is 2.32. The van der Waals surface area contributed by atoms with Gasteiger partial charge in [0.05, 0.1) is 28.0 Å². The van der Waals surface area contributed by atoms with Gasteiger partial charge in [0, 0.05) is 5.56 Å². The van der Waals surface area contributed by atoms with Gasteiger partial charge in [-0.2, -0.15) is 5.26 Å². The fraction of sp³-hybridized carbons (Fsp3) is 0.333. The minimum atomic E-state index is -4.86. The normalized spacial score (nSPS) is 11.1. The van der Waals surface area contributed by atoms with Crippen LogP contribution in [0.1, 0.15) is 11.3 Å². The summed E-state index contributed by atoms with van der Waals surface area (Å²) in [6.45, 7) is -1.00. The molecule has 1 rings (SSSR count). The van der Waals surface area contributed by atoms with Crippen LogP contribution in [0.4, 0.5) is 17.6 Å². The van der Waals surface area contributed by atoms with Crippen molar-refractivity contribution in [2.75, 3.05) is 0 Å². The lowest BCUT2D eigenvalue weighted by Gasteiger charge is -2.13. The lowest BCUT2D eigenvalue weighted by Crippen LogP contribution is -2.18. The first-order valence-corrected chi connectivity index (χ1v) is 5.31. The van der Waals surface area contributed by atoms with Crippen molar-refractivity contribution in [3.05, 3.63) is 21.0 Å².